The van der Waals surface area contributed by atoms with Crippen LogP contribution in [0.15, 0.2) is 0 Å². The number of hydrogen-bond acceptors (Lipinski definition) is 0. The topological polar surface area (TPSA) is 0 Å². The van der Waals surface area contributed by atoms with Crippen molar-refractivity contribution in [2.24, 2.45) is 0 Å². The van der Waals surface area contributed by atoms with Crippen molar-refractivity contribution in [3.8, 4) is 0 Å². The normalized spacial score (nSPS) is 9.33. The van der Waals surface area contributed by atoms with Crippen molar-refractivity contribution in [1.29, 1.82) is 0 Å². The molecule has 0 rings (SSSR count). The maximum atomic E-state index is 2.49. The van der Waals surface area contributed by atoms with Crippen LogP contribution in [0.4, 0.5) is 0 Å². The standard InChI is InChI=1S/C7H18Si2/c1-5-6-7-9(4)8(2)3/h5-7H2,1-4H3. The summed E-state index contributed by atoms with van der Waals surface area (Å²) in [5.41, 5.74) is 0. The van der Waals surface area contributed by atoms with Crippen LogP contribution in [0.1, 0.15) is 19.8 Å². The summed E-state index contributed by atoms with van der Waals surface area (Å²) in [7, 11) is 0.250. The first kappa shape index (κ1) is 9.43. The molecular formula is C7H18Si2. The van der Waals surface area contributed by atoms with E-state index in [0.29, 0.717) is 0 Å². The Morgan fingerprint density at radius 3 is 2.00 bits per heavy atom. The molecule has 0 fully saturated rings. The predicted molar refractivity (Wildman–Crippen MR) is 48.8 cm³/mol. The SMILES string of the molecule is CCCC[Si](C)=[Si](C)C. The van der Waals surface area contributed by atoms with E-state index in [2.05, 4.69) is 26.6 Å². The molecule has 0 radical (unpaired) electrons. The van der Waals surface area contributed by atoms with Gasteiger partial charge in [0, 0.05) is 0 Å². The summed E-state index contributed by atoms with van der Waals surface area (Å²) in [6.45, 7) is 9.69. The third-order valence-electron chi connectivity index (χ3n) is 1.76. The van der Waals surface area contributed by atoms with Gasteiger partial charge in [-0.2, -0.15) is 0 Å². The molecule has 0 saturated heterocycles. The third-order valence-corrected chi connectivity index (χ3v) is 10.4. The average Bonchev–Trinajstić information content (AvgIpc) is 1.82. The van der Waals surface area contributed by atoms with E-state index in [1.807, 2.05) is 0 Å². The lowest BCUT2D eigenvalue weighted by Crippen LogP contribution is -2.05. The van der Waals surface area contributed by atoms with Gasteiger partial charge < -0.3 is 0 Å². The summed E-state index contributed by atoms with van der Waals surface area (Å²) in [6.07, 6.45) is 2.86. The van der Waals surface area contributed by atoms with E-state index in [1.54, 1.807) is 6.04 Å². The van der Waals surface area contributed by atoms with E-state index in [0.717, 1.165) is 0 Å². The molecule has 0 aromatic heterocycles. The van der Waals surface area contributed by atoms with Crippen LogP contribution in [0.25, 0.3) is 0 Å². The third kappa shape index (κ3) is 4.91. The first-order valence-corrected chi connectivity index (χ1v) is 9.52. The van der Waals surface area contributed by atoms with Gasteiger partial charge >= 0.3 is 0 Å². The van der Waals surface area contributed by atoms with Gasteiger partial charge in [-0.15, -0.1) is 0 Å². The lowest BCUT2D eigenvalue weighted by molar-refractivity contribution is 0.879. The van der Waals surface area contributed by atoms with Crippen molar-refractivity contribution in [3.05, 3.63) is 0 Å². The van der Waals surface area contributed by atoms with Crippen molar-refractivity contribution in [2.45, 2.75) is 45.5 Å². The zero-order chi connectivity index (χ0) is 7.28. The summed E-state index contributed by atoms with van der Waals surface area (Å²) in [6, 6.07) is 1.56. The van der Waals surface area contributed by atoms with Crippen molar-refractivity contribution >= 4 is 15.8 Å². The Hall–Kier alpha value is 0.434. The molecular weight excluding hydrogens is 140 g/mol. The largest absolute Gasteiger partial charge is 0.0654 e. The van der Waals surface area contributed by atoms with Crippen LogP contribution in [-0.2, 0) is 0 Å². The Morgan fingerprint density at radius 1 is 1.11 bits per heavy atom. The molecule has 0 saturated carbocycles. The Bertz CT molecular complexity index is 101. The van der Waals surface area contributed by atoms with Gasteiger partial charge in [-0.25, -0.2) is 0 Å². The maximum absolute atomic E-state index is 2.49. The summed E-state index contributed by atoms with van der Waals surface area (Å²) in [4.78, 5) is 0. The van der Waals surface area contributed by atoms with E-state index in [4.69, 9.17) is 0 Å². The highest BCUT2D eigenvalue weighted by Gasteiger charge is 1.91. The molecule has 0 bridgehead atoms. The van der Waals surface area contributed by atoms with Gasteiger partial charge in [-0.1, -0.05) is 39.4 Å². The first-order valence-electron chi connectivity index (χ1n) is 3.81. The quantitative estimate of drug-likeness (QED) is 0.554. The fourth-order valence-corrected chi connectivity index (χ4v) is 4.11. The second kappa shape index (κ2) is 5.24. The monoisotopic (exact) mass is 158 g/mol. The molecule has 2 heteroatoms. The molecule has 0 spiro atoms. The van der Waals surface area contributed by atoms with Gasteiger partial charge in [0.05, 0.1) is 0 Å². The molecule has 0 aliphatic heterocycles. The highest BCUT2D eigenvalue weighted by atomic mass is 28.9. The number of hydrogen-bond donors (Lipinski definition) is 0. The van der Waals surface area contributed by atoms with Gasteiger partial charge in [-0.3, -0.25) is 0 Å². The lowest BCUT2D eigenvalue weighted by atomic mass is 10.4. The Balaban J connectivity index is 3.50. The van der Waals surface area contributed by atoms with E-state index in [-0.39, 0.29) is 15.8 Å². The van der Waals surface area contributed by atoms with E-state index >= 15 is 0 Å². The smallest absolute Gasteiger partial charge is 0.0159 e. The molecule has 0 N–H and O–H groups in total. The van der Waals surface area contributed by atoms with Gasteiger partial charge in [0.1, 0.15) is 0 Å². The van der Waals surface area contributed by atoms with Crippen molar-refractivity contribution < 1.29 is 0 Å². The summed E-state index contributed by atoms with van der Waals surface area (Å²) in [5, 5.41) is 0. The fourth-order valence-electron chi connectivity index (χ4n) is 0.692. The minimum atomic E-state index is 0.117. The molecule has 0 aliphatic rings. The minimum absolute atomic E-state index is 0.117. The minimum Gasteiger partial charge on any atom is -0.0654 e. The highest BCUT2D eigenvalue weighted by Crippen LogP contribution is 1.96. The van der Waals surface area contributed by atoms with Crippen molar-refractivity contribution in [3.63, 3.8) is 0 Å². The van der Waals surface area contributed by atoms with Crippen LogP contribution in [-0.4, -0.2) is 15.8 Å². The number of unbranched alkanes of at least 4 members (excludes halogenated alkanes) is 1. The van der Waals surface area contributed by atoms with E-state index < -0.39 is 0 Å². The van der Waals surface area contributed by atoms with Crippen molar-refractivity contribution in [1.82, 2.24) is 0 Å². The number of rotatable bonds is 3. The predicted octanol–water partition coefficient (Wildman–Crippen LogP) is 2.74. The summed E-state index contributed by atoms with van der Waals surface area (Å²) < 4.78 is 0. The molecule has 0 aromatic rings. The second-order valence-corrected chi connectivity index (χ2v) is 12.5. The zero-order valence-electron chi connectivity index (χ0n) is 7.12. The first-order chi connectivity index (χ1) is 4.18. The van der Waals surface area contributed by atoms with E-state index in [9.17, 15) is 0 Å². The summed E-state index contributed by atoms with van der Waals surface area (Å²) >= 11 is 0. The van der Waals surface area contributed by atoms with Crippen LogP contribution in [0.3, 0.4) is 0 Å². The average molecular weight is 158 g/mol. The van der Waals surface area contributed by atoms with Crippen LogP contribution < -0.4 is 0 Å². The van der Waals surface area contributed by atoms with Gasteiger partial charge in [0.15, 0.2) is 0 Å². The zero-order valence-corrected chi connectivity index (χ0v) is 9.12. The molecule has 0 amide bonds. The lowest BCUT2D eigenvalue weighted by Gasteiger charge is -1.98. The van der Waals surface area contributed by atoms with Gasteiger partial charge in [0.25, 0.3) is 0 Å². The van der Waals surface area contributed by atoms with Crippen LogP contribution in [0.5, 0.6) is 0 Å². The molecule has 0 aliphatic carbocycles. The van der Waals surface area contributed by atoms with Crippen LogP contribution >= 0.6 is 0 Å². The maximum Gasteiger partial charge on any atom is -0.0159 e. The Morgan fingerprint density at radius 2 is 1.67 bits per heavy atom. The van der Waals surface area contributed by atoms with E-state index in [1.165, 1.54) is 12.8 Å². The molecule has 0 aromatic carbocycles. The fraction of sp³-hybridized carbons (Fsp3) is 1.00. The second-order valence-electron chi connectivity index (χ2n) is 2.88. The highest BCUT2D eigenvalue weighted by molar-refractivity contribution is 6.94. The molecule has 0 heterocycles. The Labute approximate surface area is 61.8 Å². The van der Waals surface area contributed by atoms with Gasteiger partial charge in [0.2, 0.25) is 0 Å². The van der Waals surface area contributed by atoms with Gasteiger partial charge in [-0.05, 0) is 21.8 Å². The van der Waals surface area contributed by atoms with Crippen LogP contribution in [0, 0.1) is 0 Å². The van der Waals surface area contributed by atoms with Crippen molar-refractivity contribution in [2.75, 3.05) is 0 Å². The Kier molecular flexibility index (Phi) is 5.49. The molecule has 0 atom stereocenters. The molecule has 0 nitrogen and oxygen atoms in total. The molecule has 0 unspecified atom stereocenters. The van der Waals surface area contributed by atoms with Crippen LogP contribution in [0.2, 0.25) is 25.7 Å². The summed E-state index contributed by atoms with van der Waals surface area (Å²) in [5.74, 6) is 0. The molecule has 9 heavy (non-hydrogen) atoms. The molecule has 54 valence electrons.